The predicted molar refractivity (Wildman–Crippen MR) is 198 cm³/mol. The number of Topliss-reactive ketones (excluding diaryl/α,β-unsaturated/α-hetero) is 1. The van der Waals surface area contributed by atoms with Crippen molar-refractivity contribution in [3.63, 3.8) is 0 Å². The number of amides is 1. The van der Waals surface area contributed by atoms with Crippen molar-refractivity contribution in [3.8, 4) is 0 Å². The summed E-state index contributed by atoms with van der Waals surface area (Å²) >= 11 is 0. The molecule has 3 aliphatic carbocycles. The summed E-state index contributed by atoms with van der Waals surface area (Å²) in [5.74, 6) is -4.54. The molecule has 2 aromatic rings. The fourth-order valence-electron chi connectivity index (χ4n) is 9.20. The molecule has 0 radical (unpaired) electrons. The monoisotopic (exact) mass is 777 g/mol. The van der Waals surface area contributed by atoms with Crippen LogP contribution in [0.2, 0.25) is 0 Å². The topological polar surface area (TPSA) is 218 Å². The van der Waals surface area contributed by atoms with Crippen LogP contribution in [0.25, 0.3) is 0 Å². The van der Waals surface area contributed by atoms with Crippen molar-refractivity contribution in [1.82, 2.24) is 5.32 Å². The highest BCUT2D eigenvalue weighted by molar-refractivity contribution is 5.94. The minimum absolute atomic E-state index is 0.0430. The van der Waals surface area contributed by atoms with Gasteiger partial charge in [-0.15, -0.1) is 0 Å². The predicted octanol–water partition coefficient (Wildman–Crippen LogP) is 2.68. The normalized spacial score (nSPS) is 34.2. The van der Waals surface area contributed by atoms with Crippen LogP contribution in [-0.2, 0) is 35.1 Å². The lowest BCUT2D eigenvalue weighted by Crippen LogP contribution is -2.81. The van der Waals surface area contributed by atoms with Crippen LogP contribution in [0.3, 0.4) is 0 Å². The zero-order valence-corrected chi connectivity index (χ0v) is 32.3. The molecule has 1 aliphatic heterocycles. The van der Waals surface area contributed by atoms with Crippen LogP contribution >= 0.6 is 0 Å². The third-order valence-electron chi connectivity index (χ3n) is 12.5. The number of allylic oxidation sites excluding steroid dienone is 1. The summed E-state index contributed by atoms with van der Waals surface area (Å²) in [7, 11) is 0. The number of carbonyl (C=O) groups excluding carboxylic acids is 4. The molecule has 2 bridgehead atoms. The van der Waals surface area contributed by atoms with Crippen molar-refractivity contribution >= 4 is 23.8 Å². The molecule has 0 spiro atoms. The largest absolute Gasteiger partial charge is 0.456 e. The molecule has 6 rings (SSSR count). The number of rotatable bonds is 9. The number of aliphatic hydroxyl groups is 5. The third kappa shape index (κ3) is 6.86. The minimum Gasteiger partial charge on any atom is -0.456 e. The van der Waals surface area contributed by atoms with Gasteiger partial charge in [0.05, 0.1) is 35.8 Å². The first-order valence-corrected chi connectivity index (χ1v) is 18.7. The number of aliphatic hydroxyl groups excluding tert-OH is 3. The number of hydrogen-bond donors (Lipinski definition) is 6. The molecule has 4 aliphatic rings. The Bertz CT molecular complexity index is 1910. The highest BCUT2D eigenvalue weighted by atomic mass is 16.6. The average Bonchev–Trinajstić information content (AvgIpc) is 3.15. The van der Waals surface area contributed by atoms with Gasteiger partial charge in [0.1, 0.15) is 36.1 Å². The average molecular weight is 778 g/mol. The van der Waals surface area contributed by atoms with Crippen LogP contribution in [0.4, 0.5) is 4.79 Å². The van der Waals surface area contributed by atoms with E-state index in [-0.39, 0.29) is 36.3 Å². The van der Waals surface area contributed by atoms with Gasteiger partial charge in [-0.3, -0.25) is 4.79 Å². The Labute approximate surface area is 325 Å². The van der Waals surface area contributed by atoms with E-state index >= 15 is 0 Å². The lowest BCUT2D eigenvalue weighted by Gasteiger charge is -2.66. The van der Waals surface area contributed by atoms with E-state index < -0.39 is 101 Å². The van der Waals surface area contributed by atoms with Gasteiger partial charge in [0.2, 0.25) is 0 Å². The van der Waals surface area contributed by atoms with E-state index in [0.717, 1.165) is 0 Å². The number of ketones is 1. The molecule has 14 heteroatoms. The first-order chi connectivity index (χ1) is 26.3. The lowest BCUT2D eigenvalue weighted by atomic mass is 9.44. The Morgan fingerprint density at radius 1 is 0.982 bits per heavy atom. The fourth-order valence-corrected chi connectivity index (χ4v) is 9.20. The fraction of sp³-hybridized carbons (Fsp3) is 0.524. The highest BCUT2D eigenvalue weighted by Crippen LogP contribution is 2.63. The van der Waals surface area contributed by atoms with Gasteiger partial charge in [-0.1, -0.05) is 74.0 Å². The SMILES string of the molecule is CC(C)=C[C@H](NC(=O)OCc1ccccc1)[C@@H](O)C(=O)O[C@H]1C[C@@]2(O)[C@@H](OC(=O)c3ccccc3)[C@@H]3[C@]4(O)CO[C@@H]4C[C@H](O)[C@@]3(C)C(=O)[C@H](O)C(=C1C)C2(C)C. The number of alkyl carbamates (subject to hydrolysis) is 1. The summed E-state index contributed by atoms with van der Waals surface area (Å²) in [5.41, 5.74) is -6.18. The minimum atomic E-state index is -2.30. The van der Waals surface area contributed by atoms with Crippen molar-refractivity contribution in [1.29, 1.82) is 0 Å². The Morgan fingerprint density at radius 2 is 1.61 bits per heavy atom. The maximum atomic E-state index is 14.7. The number of carbonyl (C=O) groups is 4. The molecule has 1 heterocycles. The summed E-state index contributed by atoms with van der Waals surface area (Å²) in [6.07, 6.45) is -9.78. The van der Waals surface area contributed by atoms with Crippen molar-refractivity contribution in [2.75, 3.05) is 6.61 Å². The second kappa shape index (κ2) is 15.1. The molecular weight excluding hydrogens is 726 g/mol. The maximum absolute atomic E-state index is 14.7. The van der Waals surface area contributed by atoms with E-state index in [1.165, 1.54) is 32.1 Å². The smallest absolute Gasteiger partial charge is 0.408 e. The van der Waals surface area contributed by atoms with E-state index in [1.807, 2.05) is 6.07 Å². The maximum Gasteiger partial charge on any atom is 0.408 e. The van der Waals surface area contributed by atoms with Crippen LogP contribution in [-0.4, -0.2) is 110 Å². The molecule has 14 nitrogen and oxygen atoms in total. The van der Waals surface area contributed by atoms with E-state index in [0.29, 0.717) is 11.1 Å². The van der Waals surface area contributed by atoms with Crippen LogP contribution < -0.4 is 5.32 Å². The molecule has 3 fully saturated rings. The summed E-state index contributed by atoms with van der Waals surface area (Å²) < 4.78 is 23.0. The van der Waals surface area contributed by atoms with Gasteiger partial charge >= 0.3 is 18.0 Å². The second-order valence-electron chi connectivity index (χ2n) is 16.5. The van der Waals surface area contributed by atoms with Crippen molar-refractivity contribution in [2.24, 2.45) is 16.7 Å². The Hall–Kier alpha value is -4.44. The Balaban J connectivity index is 1.38. The zero-order chi connectivity index (χ0) is 41.0. The first kappa shape index (κ1) is 41.2. The Morgan fingerprint density at radius 3 is 2.20 bits per heavy atom. The molecule has 0 unspecified atom stereocenters. The van der Waals surface area contributed by atoms with Crippen LogP contribution in [0.5, 0.6) is 0 Å². The molecule has 2 aromatic carbocycles. The first-order valence-electron chi connectivity index (χ1n) is 18.7. The van der Waals surface area contributed by atoms with Gasteiger partial charge in [0.15, 0.2) is 11.9 Å². The quantitative estimate of drug-likeness (QED) is 0.123. The number of esters is 2. The van der Waals surface area contributed by atoms with Crippen LogP contribution in [0.15, 0.2) is 83.5 Å². The molecule has 11 atom stereocenters. The molecule has 56 heavy (non-hydrogen) atoms. The summed E-state index contributed by atoms with van der Waals surface area (Å²) in [6.45, 7) is 8.99. The highest BCUT2D eigenvalue weighted by Gasteiger charge is 2.76. The van der Waals surface area contributed by atoms with Crippen LogP contribution in [0, 0.1) is 16.7 Å². The number of benzene rings is 2. The second-order valence-corrected chi connectivity index (χ2v) is 16.5. The van der Waals surface area contributed by atoms with Crippen molar-refractivity contribution in [3.05, 3.63) is 94.6 Å². The molecular formula is C42H51NO13. The van der Waals surface area contributed by atoms with Gasteiger partial charge in [-0.2, -0.15) is 0 Å². The Kier molecular flexibility index (Phi) is 11.1. The van der Waals surface area contributed by atoms with Gasteiger partial charge in [-0.25, -0.2) is 14.4 Å². The van der Waals surface area contributed by atoms with E-state index in [1.54, 1.807) is 70.2 Å². The summed E-state index contributed by atoms with van der Waals surface area (Å²) in [4.78, 5) is 55.2. The van der Waals surface area contributed by atoms with Gasteiger partial charge in [-0.05, 0) is 56.5 Å². The lowest BCUT2D eigenvalue weighted by molar-refractivity contribution is -0.343. The number of fused-ring (bicyclic) bond motifs is 5. The van der Waals surface area contributed by atoms with Gasteiger partial charge < -0.3 is 49.8 Å². The molecule has 6 N–H and O–H groups in total. The van der Waals surface area contributed by atoms with E-state index in [9.17, 15) is 44.7 Å². The van der Waals surface area contributed by atoms with Crippen molar-refractivity contribution < 1.29 is 63.7 Å². The van der Waals surface area contributed by atoms with Crippen LogP contribution in [0.1, 0.15) is 70.3 Å². The molecule has 2 saturated carbocycles. The van der Waals surface area contributed by atoms with E-state index in [4.69, 9.17) is 18.9 Å². The molecule has 1 saturated heterocycles. The zero-order valence-electron chi connectivity index (χ0n) is 32.3. The third-order valence-corrected chi connectivity index (χ3v) is 12.5. The molecule has 302 valence electrons. The number of ether oxygens (including phenoxy) is 4. The summed E-state index contributed by atoms with van der Waals surface area (Å²) in [6, 6.07) is 15.5. The van der Waals surface area contributed by atoms with Crippen molar-refractivity contribution in [2.45, 2.75) is 115 Å². The molecule has 1 amide bonds. The number of nitrogens with one attached hydrogen (secondary N) is 1. The summed E-state index contributed by atoms with van der Waals surface area (Å²) in [5, 5.41) is 62.9. The number of hydrogen-bond acceptors (Lipinski definition) is 13. The van der Waals surface area contributed by atoms with Gasteiger partial charge in [0.25, 0.3) is 0 Å². The standard InChI is InChI=1S/C42H51NO13/c1-22(2)17-26(43-38(50)53-20-24-13-9-7-10-14-24)31(45)37(49)55-27-19-42(52)35(56-36(48)25-15-11-8-12-16-25)33-40(6,28(44)18-29-41(33,51)21-54-29)34(47)32(46)30(23(27)3)39(42,4)5/h7-17,26-29,31-33,35,44-46,51-52H,18-21H2,1-6H3,(H,43,50)/t26-,27-,28-,29+,31+,32+,33-,35-,40+,41-,42+/m0/s1. The van der Waals surface area contributed by atoms with Gasteiger partial charge in [0, 0.05) is 24.2 Å². The van der Waals surface area contributed by atoms with E-state index in [2.05, 4.69) is 5.32 Å². The molecule has 0 aromatic heterocycles.